The van der Waals surface area contributed by atoms with E-state index in [1.54, 1.807) is 11.8 Å². The number of nitrogens with one attached hydrogen (secondary N) is 1. The lowest BCUT2D eigenvalue weighted by molar-refractivity contribution is -0.127. The van der Waals surface area contributed by atoms with E-state index in [4.69, 9.17) is 0 Å². The van der Waals surface area contributed by atoms with Gasteiger partial charge in [0.05, 0.1) is 0 Å². The number of hydrogen-bond donors (Lipinski definition) is 1. The summed E-state index contributed by atoms with van der Waals surface area (Å²) in [6, 6.07) is 0.470. The summed E-state index contributed by atoms with van der Waals surface area (Å²) in [6.07, 6.45) is 2.78. The van der Waals surface area contributed by atoms with E-state index in [2.05, 4.69) is 5.32 Å². The number of β-lactam (4-membered cyclic amide) rings is 1. The zero-order valence-electron chi connectivity index (χ0n) is 4.81. The molecular formula is C5H9NOS. The molecule has 0 bridgehead atoms. The maximum Gasteiger partial charge on any atom is 0.222 e. The van der Waals surface area contributed by atoms with Crippen LogP contribution in [0.3, 0.4) is 0 Å². The topological polar surface area (TPSA) is 29.1 Å². The lowest BCUT2D eigenvalue weighted by Crippen LogP contribution is -2.49. The third kappa shape index (κ3) is 1.15. The highest BCUT2D eigenvalue weighted by Crippen LogP contribution is 2.08. The van der Waals surface area contributed by atoms with E-state index in [1.165, 1.54) is 0 Å². The van der Waals surface area contributed by atoms with Crippen LogP contribution in [0.1, 0.15) is 6.42 Å². The second kappa shape index (κ2) is 2.40. The number of carbonyl (C=O) groups excluding carboxylic acids is 1. The Balaban J connectivity index is 2.06. The van der Waals surface area contributed by atoms with Crippen LogP contribution in [-0.4, -0.2) is 24.0 Å². The molecule has 0 aromatic rings. The summed E-state index contributed by atoms with van der Waals surface area (Å²) in [4.78, 5) is 10.3. The molecule has 0 aliphatic carbocycles. The standard InChI is InChI=1S/C5H9NOS/c1-8-3-4-2-5(7)6-4/h4H,2-3H2,1H3,(H,6,7). The van der Waals surface area contributed by atoms with Crippen molar-refractivity contribution in [3.63, 3.8) is 0 Å². The molecule has 0 aromatic heterocycles. The molecule has 8 heavy (non-hydrogen) atoms. The Morgan fingerprint density at radius 2 is 2.62 bits per heavy atom. The number of thioether (sulfide) groups is 1. The Kier molecular flexibility index (Phi) is 1.78. The number of carbonyl (C=O) groups is 1. The van der Waals surface area contributed by atoms with Gasteiger partial charge in [0, 0.05) is 18.2 Å². The second-order valence-corrected chi connectivity index (χ2v) is 2.83. The lowest BCUT2D eigenvalue weighted by atomic mass is 10.1. The Bertz CT molecular complexity index is 96.6. The monoisotopic (exact) mass is 131 g/mol. The van der Waals surface area contributed by atoms with Gasteiger partial charge in [-0.15, -0.1) is 0 Å². The van der Waals surface area contributed by atoms with Crippen molar-refractivity contribution in [1.29, 1.82) is 0 Å². The molecule has 1 aliphatic rings. The van der Waals surface area contributed by atoms with E-state index < -0.39 is 0 Å². The van der Waals surface area contributed by atoms with Crippen molar-refractivity contribution in [3.8, 4) is 0 Å². The molecule has 0 spiro atoms. The summed E-state index contributed by atoms with van der Waals surface area (Å²) >= 11 is 1.77. The third-order valence-electron chi connectivity index (χ3n) is 1.16. The van der Waals surface area contributed by atoms with Gasteiger partial charge in [0.1, 0.15) is 0 Å². The van der Waals surface area contributed by atoms with Crippen LogP contribution in [-0.2, 0) is 4.79 Å². The van der Waals surface area contributed by atoms with Crippen molar-refractivity contribution in [1.82, 2.24) is 5.32 Å². The fraction of sp³-hybridized carbons (Fsp3) is 0.800. The maximum atomic E-state index is 10.3. The Morgan fingerprint density at radius 1 is 2.00 bits per heavy atom. The van der Waals surface area contributed by atoms with Crippen LogP contribution < -0.4 is 5.32 Å². The minimum Gasteiger partial charge on any atom is -0.352 e. The van der Waals surface area contributed by atoms with Crippen LogP contribution in [0.15, 0.2) is 0 Å². The van der Waals surface area contributed by atoms with Gasteiger partial charge < -0.3 is 5.32 Å². The van der Waals surface area contributed by atoms with Crippen LogP contribution >= 0.6 is 11.8 Å². The molecule has 1 saturated heterocycles. The highest BCUT2D eigenvalue weighted by Gasteiger charge is 2.23. The first-order chi connectivity index (χ1) is 3.83. The van der Waals surface area contributed by atoms with Crippen LogP contribution in [0.25, 0.3) is 0 Å². The van der Waals surface area contributed by atoms with Gasteiger partial charge >= 0.3 is 0 Å². The van der Waals surface area contributed by atoms with Crippen molar-refractivity contribution in [2.45, 2.75) is 12.5 Å². The van der Waals surface area contributed by atoms with Crippen molar-refractivity contribution in [3.05, 3.63) is 0 Å². The minimum absolute atomic E-state index is 0.198. The summed E-state index contributed by atoms with van der Waals surface area (Å²) in [5.41, 5.74) is 0. The average Bonchev–Trinajstić information content (AvgIpc) is 1.64. The number of amides is 1. The smallest absolute Gasteiger partial charge is 0.222 e. The van der Waals surface area contributed by atoms with Crippen LogP contribution in [0.4, 0.5) is 0 Å². The quantitative estimate of drug-likeness (QED) is 0.544. The molecule has 3 heteroatoms. The Labute approximate surface area is 53.0 Å². The number of hydrogen-bond acceptors (Lipinski definition) is 2. The number of rotatable bonds is 2. The Hall–Kier alpha value is -0.180. The maximum absolute atomic E-state index is 10.3. The molecule has 0 aromatic carbocycles. The fourth-order valence-electron chi connectivity index (χ4n) is 0.732. The van der Waals surface area contributed by atoms with Gasteiger partial charge in [-0.25, -0.2) is 0 Å². The van der Waals surface area contributed by atoms with Crippen LogP contribution in [0.2, 0.25) is 0 Å². The molecule has 2 nitrogen and oxygen atoms in total. The molecule has 1 N–H and O–H groups in total. The molecule has 1 rings (SSSR count). The average molecular weight is 131 g/mol. The molecule has 0 saturated carbocycles. The summed E-state index contributed by atoms with van der Waals surface area (Å²) in [6.45, 7) is 0. The van der Waals surface area contributed by atoms with Gasteiger partial charge in [0.25, 0.3) is 0 Å². The molecule has 46 valence electrons. The van der Waals surface area contributed by atoms with Gasteiger partial charge in [0.15, 0.2) is 0 Å². The largest absolute Gasteiger partial charge is 0.352 e. The first-order valence-electron chi connectivity index (χ1n) is 2.61. The summed E-state index contributed by atoms with van der Waals surface area (Å²) in [5, 5.41) is 2.78. The van der Waals surface area contributed by atoms with E-state index in [0.717, 1.165) is 12.2 Å². The highest BCUT2D eigenvalue weighted by atomic mass is 32.2. The Morgan fingerprint density at radius 3 is 3.00 bits per heavy atom. The van der Waals surface area contributed by atoms with Crippen molar-refractivity contribution in [2.75, 3.05) is 12.0 Å². The molecular weight excluding hydrogens is 122 g/mol. The molecule has 1 heterocycles. The van der Waals surface area contributed by atoms with Crippen molar-refractivity contribution < 1.29 is 4.79 Å². The highest BCUT2D eigenvalue weighted by molar-refractivity contribution is 7.98. The summed E-state index contributed by atoms with van der Waals surface area (Å²) in [5.74, 6) is 1.26. The first-order valence-corrected chi connectivity index (χ1v) is 4.00. The van der Waals surface area contributed by atoms with E-state index in [1.807, 2.05) is 6.26 Å². The second-order valence-electron chi connectivity index (χ2n) is 1.92. The van der Waals surface area contributed by atoms with Gasteiger partial charge in [-0.05, 0) is 6.26 Å². The van der Waals surface area contributed by atoms with Gasteiger partial charge in [-0.1, -0.05) is 0 Å². The molecule has 1 amide bonds. The normalized spacial score (nSPS) is 26.6. The van der Waals surface area contributed by atoms with E-state index >= 15 is 0 Å². The van der Waals surface area contributed by atoms with Crippen LogP contribution in [0.5, 0.6) is 0 Å². The predicted molar refractivity (Wildman–Crippen MR) is 34.9 cm³/mol. The minimum atomic E-state index is 0.198. The zero-order valence-corrected chi connectivity index (χ0v) is 5.62. The van der Waals surface area contributed by atoms with Gasteiger partial charge in [-0.2, -0.15) is 11.8 Å². The molecule has 1 aliphatic heterocycles. The van der Waals surface area contributed by atoms with Crippen molar-refractivity contribution in [2.24, 2.45) is 0 Å². The van der Waals surface area contributed by atoms with Crippen molar-refractivity contribution >= 4 is 17.7 Å². The summed E-state index contributed by atoms with van der Waals surface area (Å²) < 4.78 is 0. The molecule has 1 fully saturated rings. The first kappa shape index (κ1) is 5.95. The SMILES string of the molecule is CSCC1CC(=O)N1. The lowest BCUT2D eigenvalue weighted by Gasteiger charge is -2.25. The third-order valence-corrected chi connectivity index (χ3v) is 1.90. The molecule has 1 unspecified atom stereocenters. The van der Waals surface area contributed by atoms with E-state index in [9.17, 15) is 4.79 Å². The van der Waals surface area contributed by atoms with Gasteiger partial charge in [-0.3, -0.25) is 4.79 Å². The molecule has 1 atom stereocenters. The fourth-order valence-corrected chi connectivity index (χ4v) is 1.34. The zero-order chi connectivity index (χ0) is 5.98. The molecule has 0 radical (unpaired) electrons. The predicted octanol–water partition coefficient (Wildman–Crippen LogP) is 0.238. The van der Waals surface area contributed by atoms with Crippen LogP contribution in [0, 0.1) is 0 Å². The van der Waals surface area contributed by atoms with E-state index in [-0.39, 0.29) is 5.91 Å². The summed E-state index contributed by atoms with van der Waals surface area (Å²) in [7, 11) is 0. The van der Waals surface area contributed by atoms with Gasteiger partial charge in [0.2, 0.25) is 5.91 Å². The van der Waals surface area contributed by atoms with E-state index in [0.29, 0.717) is 6.04 Å².